The smallest absolute Gasteiger partial charge is 0.273 e. The third-order valence-corrected chi connectivity index (χ3v) is 4.77. The average Bonchev–Trinajstić information content (AvgIpc) is 2.83. The molecule has 3 aromatic carbocycles. The van der Waals surface area contributed by atoms with Gasteiger partial charge in [0.1, 0.15) is 29.7 Å². The number of non-ortho nitro benzene ring substituents is 1. The summed E-state index contributed by atoms with van der Waals surface area (Å²) in [7, 11) is 1.33. The fraction of sp³-hybridized carbons (Fsp3) is 0.0833. The number of hydrogen-bond acceptors (Lipinski definition) is 6. The maximum Gasteiger partial charge on any atom is 0.273 e. The van der Waals surface area contributed by atoms with Gasteiger partial charge in [-0.25, -0.2) is 0 Å². The van der Waals surface area contributed by atoms with E-state index in [2.05, 4.69) is 5.32 Å². The summed E-state index contributed by atoms with van der Waals surface area (Å²) in [6.45, 7) is 0.370. The number of methoxy groups -OCH3 is 1. The second-order valence-corrected chi connectivity index (χ2v) is 7.19. The van der Waals surface area contributed by atoms with Gasteiger partial charge < -0.3 is 14.8 Å². The number of benzene rings is 3. The third-order valence-electron chi connectivity index (χ3n) is 4.52. The lowest BCUT2D eigenvalue weighted by atomic mass is 10.1. The molecule has 0 aliphatic carbocycles. The van der Waals surface area contributed by atoms with E-state index in [4.69, 9.17) is 21.1 Å². The minimum absolute atomic E-state index is 0.108. The molecule has 3 rings (SSSR count). The molecule has 1 amide bonds. The molecule has 0 unspecified atom stereocenters. The fourth-order valence-electron chi connectivity index (χ4n) is 2.81. The molecule has 0 bridgehead atoms. The van der Waals surface area contributed by atoms with Crippen molar-refractivity contribution in [3.63, 3.8) is 0 Å². The van der Waals surface area contributed by atoms with E-state index in [0.29, 0.717) is 22.9 Å². The molecule has 0 atom stereocenters. The number of halogens is 1. The van der Waals surface area contributed by atoms with Gasteiger partial charge in [-0.15, -0.1) is 0 Å². The lowest BCUT2D eigenvalue weighted by Gasteiger charge is -2.09. The Bertz CT molecular complexity index is 1230. The van der Waals surface area contributed by atoms with E-state index in [-0.39, 0.29) is 22.7 Å². The summed E-state index contributed by atoms with van der Waals surface area (Å²) >= 11 is 5.87. The molecule has 0 spiro atoms. The van der Waals surface area contributed by atoms with Crippen molar-refractivity contribution in [2.45, 2.75) is 6.61 Å². The van der Waals surface area contributed by atoms with Crippen LogP contribution in [0.25, 0.3) is 6.08 Å². The van der Waals surface area contributed by atoms with Crippen molar-refractivity contribution < 1.29 is 19.2 Å². The monoisotopic (exact) mass is 463 g/mol. The number of nitrogens with zero attached hydrogens (tertiary/aromatic N) is 2. The number of nitriles is 1. The predicted molar refractivity (Wildman–Crippen MR) is 124 cm³/mol. The van der Waals surface area contributed by atoms with Gasteiger partial charge in [-0.3, -0.25) is 14.9 Å². The van der Waals surface area contributed by atoms with Gasteiger partial charge in [0, 0.05) is 11.1 Å². The number of carbonyl (C=O) groups is 1. The van der Waals surface area contributed by atoms with E-state index in [9.17, 15) is 20.2 Å². The summed E-state index contributed by atoms with van der Waals surface area (Å²) < 4.78 is 10.8. The van der Waals surface area contributed by atoms with Crippen molar-refractivity contribution in [3.05, 3.63) is 98.6 Å². The molecule has 8 nitrogen and oxygen atoms in total. The Morgan fingerprint density at radius 1 is 1.15 bits per heavy atom. The molecule has 0 aliphatic heterocycles. The summed E-state index contributed by atoms with van der Waals surface area (Å²) in [6, 6.07) is 19.8. The Balaban J connectivity index is 1.68. The van der Waals surface area contributed by atoms with E-state index >= 15 is 0 Å². The first-order chi connectivity index (χ1) is 15.9. The molecule has 9 heteroatoms. The second kappa shape index (κ2) is 10.8. The van der Waals surface area contributed by atoms with Gasteiger partial charge in [0.15, 0.2) is 0 Å². The maximum atomic E-state index is 12.6. The normalized spacial score (nSPS) is 10.8. The largest absolute Gasteiger partial charge is 0.494 e. The number of carbonyl (C=O) groups excluding carboxylic acids is 1. The topological polar surface area (TPSA) is 114 Å². The van der Waals surface area contributed by atoms with Gasteiger partial charge in [0.25, 0.3) is 11.6 Å². The fourth-order valence-corrected chi connectivity index (χ4v) is 2.94. The number of nitro groups is 1. The third kappa shape index (κ3) is 6.32. The zero-order valence-corrected chi connectivity index (χ0v) is 18.2. The van der Waals surface area contributed by atoms with Crippen molar-refractivity contribution in [1.82, 2.24) is 0 Å². The van der Waals surface area contributed by atoms with Crippen LogP contribution < -0.4 is 14.8 Å². The van der Waals surface area contributed by atoms with Crippen LogP contribution >= 0.6 is 11.6 Å². The van der Waals surface area contributed by atoms with Crippen molar-refractivity contribution in [2.75, 3.05) is 12.4 Å². The summed E-state index contributed by atoms with van der Waals surface area (Å²) in [6.07, 6.45) is 1.43. The standard InChI is InChI=1S/C24H18ClN3O5/c1-32-23-13-20(28(30)31)8-11-22(23)27-24(29)18(14-26)12-16-4-9-21(10-5-16)33-15-17-2-6-19(25)7-3-17/h2-13H,15H2,1H3,(H,27,29)/b18-12-. The highest BCUT2D eigenvalue weighted by Crippen LogP contribution is 2.29. The Morgan fingerprint density at radius 2 is 1.85 bits per heavy atom. The van der Waals surface area contributed by atoms with Gasteiger partial charge in [0.2, 0.25) is 0 Å². The van der Waals surface area contributed by atoms with Crippen molar-refractivity contribution in [2.24, 2.45) is 0 Å². The van der Waals surface area contributed by atoms with Crippen molar-refractivity contribution in [3.8, 4) is 17.6 Å². The van der Waals surface area contributed by atoms with Crippen LogP contribution in [0.2, 0.25) is 5.02 Å². The highest BCUT2D eigenvalue weighted by molar-refractivity contribution is 6.30. The van der Waals surface area contributed by atoms with Crippen LogP contribution in [0.1, 0.15) is 11.1 Å². The molecule has 0 radical (unpaired) electrons. The molecule has 3 aromatic rings. The van der Waals surface area contributed by atoms with E-state index in [1.54, 1.807) is 36.4 Å². The highest BCUT2D eigenvalue weighted by Gasteiger charge is 2.16. The summed E-state index contributed by atoms with van der Waals surface area (Å²) in [5.74, 6) is 0.0606. The van der Waals surface area contributed by atoms with E-state index in [1.807, 2.05) is 18.2 Å². The highest BCUT2D eigenvalue weighted by atomic mass is 35.5. The SMILES string of the molecule is COc1cc([N+](=O)[O-])ccc1NC(=O)/C(C#N)=C\c1ccc(OCc2ccc(Cl)cc2)cc1. The lowest BCUT2D eigenvalue weighted by molar-refractivity contribution is -0.384. The first kappa shape index (κ1) is 23.3. The first-order valence-corrected chi connectivity index (χ1v) is 10.0. The molecule has 1 N–H and O–H groups in total. The molecule has 33 heavy (non-hydrogen) atoms. The second-order valence-electron chi connectivity index (χ2n) is 6.75. The summed E-state index contributed by atoms with van der Waals surface area (Å²) in [4.78, 5) is 22.9. The zero-order valence-electron chi connectivity index (χ0n) is 17.4. The minimum Gasteiger partial charge on any atom is -0.494 e. The number of nitrogens with one attached hydrogen (secondary N) is 1. The minimum atomic E-state index is -0.673. The molecule has 0 fully saturated rings. The number of amides is 1. The van der Waals surface area contributed by atoms with Gasteiger partial charge >= 0.3 is 0 Å². The van der Waals surface area contributed by atoms with Crippen LogP contribution in [-0.2, 0) is 11.4 Å². The molecule has 0 heterocycles. The van der Waals surface area contributed by atoms with E-state index < -0.39 is 10.8 Å². The van der Waals surface area contributed by atoms with Gasteiger partial charge in [-0.1, -0.05) is 35.9 Å². The van der Waals surface area contributed by atoms with Gasteiger partial charge in [-0.05, 0) is 47.5 Å². The van der Waals surface area contributed by atoms with E-state index in [0.717, 1.165) is 5.56 Å². The van der Waals surface area contributed by atoms with Crippen LogP contribution in [0, 0.1) is 21.4 Å². The molecule has 0 aromatic heterocycles. The molecule has 0 saturated carbocycles. The van der Waals surface area contributed by atoms with Crippen LogP contribution in [0.5, 0.6) is 11.5 Å². The number of anilines is 1. The quantitative estimate of drug-likeness (QED) is 0.207. The number of rotatable bonds is 8. The van der Waals surface area contributed by atoms with Gasteiger partial charge in [0.05, 0.1) is 23.8 Å². The Labute approximate surface area is 194 Å². The Morgan fingerprint density at radius 3 is 2.45 bits per heavy atom. The van der Waals surface area contributed by atoms with Crippen LogP contribution in [-0.4, -0.2) is 17.9 Å². The van der Waals surface area contributed by atoms with Crippen LogP contribution in [0.3, 0.4) is 0 Å². The van der Waals surface area contributed by atoms with E-state index in [1.165, 1.54) is 31.4 Å². The van der Waals surface area contributed by atoms with Gasteiger partial charge in [-0.2, -0.15) is 5.26 Å². The Kier molecular flexibility index (Phi) is 7.63. The molecule has 0 saturated heterocycles. The number of ether oxygens (including phenoxy) is 2. The van der Waals surface area contributed by atoms with Crippen molar-refractivity contribution in [1.29, 1.82) is 5.26 Å². The molecule has 166 valence electrons. The Hall–Kier alpha value is -4.35. The number of hydrogen-bond donors (Lipinski definition) is 1. The van der Waals surface area contributed by atoms with Crippen molar-refractivity contribution >= 4 is 35.0 Å². The maximum absolute atomic E-state index is 12.6. The number of nitro benzene ring substituents is 1. The van der Waals surface area contributed by atoms with Crippen LogP contribution in [0.4, 0.5) is 11.4 Å². The summed E-state index contributed by atoms with van der Waals surface area (Å²) in [5, 5.41) is 23.5. The average molecular weight is 464 g/mol. The lowest BCUT2D eigenvalue weighted by Crippen LogP contribution is -2.14. The predicted octanol–water partition coefficient (Wildman–Crippen LogP) is 5.38. The molecule has 0 aliphatic rings. The molecular weight excluding hydrogens is 446 g/mol. The molecular formula is C24H18ClN3O5. The first-order valence-electron chi connectivity index (χ1n) is 9.62. The summed E-state index contributed by atoms with van der Waals surface area (Å²) in [5.41, 5.74) is 1.47. The zero-order chi connectivity index (χ0) is 23.8. The van der Waals surface area contributed by atoms with Crippen LogP contribution in [0.15, 0.2) is 72.3 Å².